The van der Waals surface area contributed by atoms with Crippen LogP contribution in [-0.2, 0) is 13.5 Å². The van der Waals surface area contributed by atoms with E-state index < -0.39 is 4.92 Å². The van der Waals surface area contributed by atoms with Crippen molar-refractivity contribution in [3.63, 3.8) is 0 Å². The molecule has 17 heavy (non-hydrogen) atoms. The van der Waals surface area contributed by atoms with Crippen LogP contribution in [0.25, 0.3) is 0 Å². The minimum absolute atomic E-state index is 0.0458. The van der Waals surface area contributed by atoms with Gasteiger partial charge in [0.2, 0.25) is 0 Å². The summed E-state index contributed by atoms with van der Waals surface area (Å²) in [5, 5.41) is 14.1. The number of nitro groups is 1. The first-order valence-corrected chi connectivity index (χ1v) is 5.79. The monoisotopic (exact) mass is 253 g/mol. The molecule has 8 heteroatoms. The molecule has 0 aliphatic carbocycles. The standard InChI is InChI=1S/C9H11N5O2S/c1-13-5-4-10-7(13)2-3-11-9-12-6-8(17-9)14(15)16/h4-6H,2-3H2,1H3,(H,11,12). The van der Waals surface area contributed by atoms with E-state index in [1.807, 2.05) is 17.8 Å². The first-order valence-electron chi connectivity index (χ1n) is 4.97. The number of nitrogens with zero attached hydrogens (tertiary/aromatic N) is 4. The largest absolute Gasteiger partial charge is 0.361 e. The van der Waals surface area contributed by atoms with Gasteiger partial charge in [0.1, 0.15) is 12.0 Å². The summed E-state index contributed by atoms with van der Waals surface area (Å²) >= 11 is 1.03. The zero-order chi connectivity index (χ0) is 12.3. The molecule has 0 radical (unpaired) electrons. The molecule has 0 atom stereocenters. The number of nitrogens with one attached hydrogen (secondary N) is 1. The van der Waals surface area contributed by atoms with Crippen molar-refractivity contribution in [2.45, 2.75) is 6.42 Å². The van der Waals surface area contributed by atoms with Crippen LogP contribution in [0.5, 0.6) is 0 Å². The number of rotatable bonds is 5. The van der Waals surface area contributed by atoms with Gasteiger partial charge < -0.3 is 9.88 Å². The van der Waals surface area contributed by atoms with Crippen molar-refractivity contribution in [3.05, 3.63) is 34.5 Å². The van der Waals surface area contributed by atoms with Gasteiger partial charge in [0.15, 0.2) is 5.13 Å². The van der Waals surface area contributed by atoms with Crippen molar-refractivity contribution < 1.29 is 4.92 Å². The van der Waals surface area contributed by atoms with Gasteiger partial charge in [0, 0.05) is 32.4 Å². The normalized spacial score (nSPS) is 10.4. The van der Waals surface area contributed by atoms with Crippen LogP contribution >= 0.6 is 11.3 Å². The molecule has 0 aliphatic heterocycles. The highest BCUT2D eigenvalue weighted by Crippen LogP contribution is 2.24. The second-order valence-corrected chi connectivity index (χ2v) is 4.40. The molecular weight excluding hydrogens is 242 g/mol. The first-order chi connectivity index (χ1) is 8.16. The van der Waals surface area contributed by atoms with Crippen LogP contribution in [0.15, 0.2) is 18.6 Å². The van der Waals surface area contributed by atoms with E-state index in [0.717, 1.165) is 23.6 Å². The Morgan fingerprint density at radius 3 is 3.00 bits per heavy atom. The third kappa shape index (κ3) is 2.78. The Hall–Kier alpha value is -1.96. The second-order valence-electron chi connectivity index (χ2n) is 3.39. The summed E-state index contributed by atoms with van der Waals surface area (Å²) < 4.78 is 1.94. The van der Waals surface area contributed by atoms with Crippen LogP contribution in [0.2, 0.25) is 0 Å². The van der Waals surface area contributed by atoms with Crippen LogP contribution in [0.4, 0.5) is 10.1 Å². The lowest BCUT2D eigenvalue weighted by Crippen LogP contribution is -2.08. The minimum atomic E-state index is -0.443. The molecule has 0 saturated heterocycles. The molecule has 90 valence electrons. The quantitative estimate of drug-likeness (QED) is 0.643. The van der Waals surface area contributed by atoms with Crippen molar-refractivity contribution in [2.75, 3.05) is 11.9 Å². The Morgan fingerprint density at radius 2 is 2.41 bits per heavy atom. The van der Waals surface area contributed by atoms with Gasteiger partial charge in [0.25, 0.3) is 0 Å². The van der Waals surface area contributed by atoms with Gasteiger partial charge in [-0.25, -0.2) is 9.97 Å². The van der Waals surface area contributed by atoms with Crippen LogP contribution < -0.4 is 5.32 Å². The predicted molar refractivity (Wildman–Crippen MR) is 64.2 cm³/mol. The second kappa shape index (κ2) is 4.91. The van der Waals surface area contributed by atoms with E-state index in [0.29, 0.717) is 11.7 Å². The third-order valence-corrected chi connectivity index (χ3v) is 3.13. The number of aromatic nitrogens is 3. The topological polar surface area (TPSA) is 85.9 Å². The zero-order valence-corrected chi connectivity index (χ0v) is 9.98. The SMILES string of the molecule is Cn1ccnc1CCNc1ncc([N+](=O)[O-])s1. The van der Waals surface area contributed by atoms with Gasteiger partial charge in [0.05, 0.1) is 4.92 Å². The third-order valence-electron chi connectivity index (χ3n) is 2.22. The maximum Gasteiger partial charge on any atom is 0.345 e. The lowest BCUT2D eigenvalue weighted by molar-refractivity contribution is -0.380. The van der Waals surface area contributed by atoms with Gasteiger partial charge in [-0.15, -0.1) is 0 Å². The molecular formula is C9H11N5O2S. The average molecular weight is 253 g/mol. The van der Waals surface area contributed by atoms with Crippen molar-refractivity contribution >= 4 is 21.5 Å². The Morgan fingerprint density at radius 1 is 1.59 bits per heavy atom. The molecule has 2 aromatic heterocycles. The van der Waals surface area contributed by atoms with E-state index in [9.17, 15) is 10.1 Å². The van der Waals surface area contributed by atoms with E-state index in [4.69, 9.17) is 0 Å². The van der Waals surface area contributed by atoms with Crippen LogP contribution in [0, 0.1) is 10.1 Å². The Kier molecular flexibility index (Phi) is 3.33. The van der Waals surface area contributed by atoms with E-state index >= 15 is 0 Å². The summed E-state index contributed by atoms with van der Waals surface area (Å²) in [5.74, 6) is 0.962. The molecule has 0 amide bonds. The number of hydrogen-bond donors (Lipinski definition) is 1. The van der Waals surface area contributed by atoms with E-state index in [1.54, 1.807) is 6.20 Å². The van der Waals surface area contributed by atoms with Gasteiger partial charge in [-0.1, -0.05) is 0 Å². The number of anilines is 1. The van der Waals surface area contributed by atoms with Crippen LogP contribution in [0.3, 0.4) is 0 Å². The molecule has 2 rings (SSSR count). The molecule has 0 saturated carbocycles. The summed E-state index contributed by atoms with van der Waals surface area (Å²) in [6.45, 7) is 0.648. The predicted octanol–water partition coefficient (Wildman–Crippen LogP) is 1.44. The van der Waals surface area contributed by atoms with Crippen molar-refractivity contribution in [1.82, 2.24) is 14.5 Å². The molecule has 2 aromatic rings. The minimum Gasteiger partial charge on any atom is -0.361 e. The number of thiazole rings is 1. The molecule has 0 unspecified atom stereocenters. The van der Waals surface area contributed by atoms with Crippen molar-refractivity contribution in [3.8, 4) is 0 Å². The number of aryl methyl sites for hydroxylation is 1. The van der Waals surface area contributed by atoms with Gasteiger partial charge >= 0.3 is 5.00 Å². The zero-order valence-electron chi connectivity index (χ0n) is 9.16. The molecule has 0 fully saturated rings. The Labute approximate surface area is 101 Å². The van der Waals surface area contributed by atoms with Crippen molar-refractivity contribution in [2.24, 2.45) is 7.05 Å². The summed E-state index contributed by atoms with van der Waals surface area (Å²) in [7, 11) is 1.93. The Balaban J connectivity index is 1.86. The highest BCUT2D eigenvalue weighted by Gasteiger charge is 2.10. The fourth-order valence-electron chi connectivity index (χ4n) is 1.35. The highest BCUT2D eigenvalue weighted by atomic mass is 32.1. The maximum atomic E-state index is 10.5. The number of imidazole rings is 1. The summed E-state index contributed by atoms with van der Waals surface area (Å²) in [5.41, 5.74) is 0. The fourth-order valence-corrected chi connectivity index (χ4v) is 2.01. The van der Waals surface area contributed by atoms with E-state index in [-0.39, 0.29) is 5.00 Å². The molecule has 0 aliphatic rings. The molecule has 0 spiro atoms. The molecule has 1 N–H and O–H groups in total. The molecule has 0 bridgehead atoms. The maximum absolute atomic E-state index is 10.5. The lowest BCUT2D eigenvalue weighted by Gasteiger charge is -2.02. The highest BCUT2D eigenvalue weighted by molar-refractivity contribution is 7.18. The summed E-state index contributed by atoms with van der Waals surface area (Å²) in [6, 6.07) is 0. The van der Waals surface area contributed by atoms with E-state index in [1.165, 1.54) is 6.20 Å². The molecule has 2 heterocycles. The van der Waals surface area contributed by atoms with Gasteiger partial charge in [-0.2, -0.15) is 0 Å². The summed E-state index contributed by atoms with van der Waals surface area (Å²) in [4.78, 5) is 18.1. The van der Waals surface area contributed by atoms with Crippen molar-refractivity contribution in [1.29, 1.82) is 0 Å². The van der Waals surface area contributed by atoms with Gasteiger partial charge in [-0.05, 0) is 11.3 Å². The van der Waals surface area contributed by atoms with Crippen LogP contribution in [-0.4, -0.2) is 26.0 Å². The number of hydrogen-bond acceptors (Lipinski definition) is 6. The van der Waals surface area contributed by atoms with E-state index in [2.05, 4.69) is 15.3 Å². The fraction of sp³-hybridized carbons (Fsp3) is 0.333. The van der Waals surface area contributed by atoms with Crippen LogP contribution in [0.1, 0.15) is 5.82 Å². The average Bonchev–Trinajstić information content (AvgIpc) is 2.89. The van der Waals surface area contributed by atoms with Gasteiger partial charge in [-0.3, -0.25) is 10.1 Å². The molecule has 0 aromatic carbocycles. The molecule has 7 nitrogen and oxygen atoms in total. The smallest absolute Gasteiger partial charge is 0.345 e. The summed E-state index contributed by atoms with van der Waals surface area (Å²) in [6.07, 6.45) is 5.62. The lowest BCUT2D eigenvalue weighted by atomic mass is 10.4. The first kappa shape index (κ1) is 11.5. The Bertz CT molecular complexity index is 521.